The zero-order valence-corrected chi connectivity index (χ0v) is 13.9. The Labute approximate surface area is 147 Å². The maximum Gasteiger partial charge on any atom is 0.292 e. The van der Waals surface area contributed by atoms with E-state index < -0.39 is 27.6 Å². The lowest BCUT2D eigenvalue weighted by Gasteiger charge is -2.29. The van der Waals surface area contributed by atoms with Crippen molar-refractivity contribution in [1.29, 1.82) is 10.5 Å². The van der Waals surface area contributed by atoms with Gasteiger partial charge in [-0.3, -0.25) is 10.1 Å². The lowest BCUT2D eigenvalue weighted by molar-refractivity contribution is -0.384. The molecule has 1 fully saturated rings. The van der Waals surface area contributed by atoms with Crippen molar-refractivity contribution in [3.8, 4) is 12.1 Å². The smallest absolute Gasteiger partial charge is 0.292 e. The Morgan fingerprint density at radius 1 is 1.36 bits per heavy atom. The van der Waals surface area contributed by atoms with Crippen molar-refractivity contribution in [2.75, 3.05) is 14.2 Å². The van der Waals surface area contributed by atoms with Gasteiger partial charge in [-0.05, 0) is 5.56 Å². The summed E-state index contributed by atoms with van der Waals surface area (Å²) in [7, 11) is 2.58. The van der Waals surface area contributed by atoms with Crippen LogP contribution in [0, 0.1) is 43.6 Å². The van der Waals surface area contributed by atoms with E-state index in [1.165, 1.54) is 26.4 Å². The largest absolute Gasteiger partial charge is 0.386 e. The normalized spacial score (nSPS) is 31.4. The first kappa shape index (κ1) is 17.1. The molecule has 0 radical (unpaired) electrons. The number of nitrogens with two attached hydrogens (primary N) is 1. The first-order valence-corrected chi connectivity index (χ1v) is 7.42. The number of rotatable bonds is 4. The van der Waals surface area contributed by atoms with E-state index in [-0.39, 0.29) is 16.5 Å². The second-order valence-corrected chi connectivity index (χ2v) is 6.13. The third-order valence-electron chi connectivity index (χ3n) is 4.99. The molecule has 1 aromatic carbocycles. The molecule has 3 atom stereocenters. The van der Waals surface area contributed by atoms with Crippen LogP contribution in [-0.4, -0.2) is 30.9 Å². The molecule has 0 amide bonds. The second-order valence-electron chi connectivity index (χ2n) is 5.72. The SMILES string of the molecule is COC1(OC)N=C(N)[C@@]2(C#N)[C@H](c3ccc([N+](=O)[O-])cc3Cl)[C@@]12C#N. The van der Waals surface area contributed by atoms with E-state index in [1.807, 2.05) is 0 Å². The molecule has 0 bridgehead atoms. The maximum absolute atomic E-state index is 10.9. The fourth-order valence-corrected chi connectivity index (χ4v) is 4.14. The molecule has 1 aliphatic heterocycles. The number of ether oxygens (including phenoxy) is 2. The van der Waals surface area contributed by atoms with Gasteiger partial charge in [-0.15, -0.1) is 0 Å². The van der Waals surface area contributed by atoms with Crippen molar-refractivity contribution in [3.05, 3.63) is 38.9 Å². The summed E-state index contributed by atoms with van der Waals surface area (Å²) in [5.74, 6) is -2.67. The molecule has 10 heteroatoms. The molecule has 0 unspecified atom stereocenters. The van der Waals surface area contributed by atoms with E-state index in [2.05, 4.69) is 17.1 Å². The minimum atomic E-state index is -1.77. The van der Waals surface area contributed by atoms with Gasteiger partial charge >= 0.3 is 0 Å². The van der Waals surface area contributed by atoms with E-state index in [9.17, 15) is 20.6 Å². The van der Waals surface area contributed by atoms with Crippen LogP contribution < -0.4 is 5.73 Å². The summed E-state index contributed by atoms with van der Waals surface area (Å²) in [6, 6.07) is 7.96. The summed E-state index contributed by atoms with van der Waals surface area (Å²) in [6.45, 7) is 0. The molecule has 0 spiro atoms. The molecule has 2 N–H and O–H groups in total. The van der Waals surface area contributed by atoms with Gasteiger partial charge < -0.3 is 15.2 Å². The Morgan fingerprint density at radius 3 is 2.44 bits per heavy atom. The Bertz CT molecular complexity index is 900. The molecule has 25 heavy (non-hydrogen) atoms. The van der Waals surface area contributed by atoms with Crippen molar-refractivity contribution >= 4 is 23.1 Å². The summed E-state index contributed by atoms with van der Waals surface area (Å²) >= 11 is 6.20. The van der Waals surface area contributed by atoms with Gasteiger partial charge in [0.25, 0.3) is 11.6 Å². The number of amidine groups is 1. The number of benzene rings is 1. The predicted molar refractivity (Wildman–Crippen MR) is 85.3 cm³/mol. The molecule has 1 saturated carbocycles. The number of hydrogen-bond acceptors (Lipinski definition) is 8. The quantitative estimate of drug-likeness (QED) is 0.487. The first-order valence-electron chi connectivity index (χ1n) is 7.04. The minimum Gasteiger partial charge on any atom is -0.386 e. The van der Waals surface area contributed by atoms with E-state index in [0.29, 0.717) is 5.56 Å². The fraction of sp³-hybridized carbons (Fsp3) is 0.400. The molecular weight excluding hydrogens is 350 g/mol. The third kappa shape index (κ3) is 1.65. The van der Waals surface area contributed by atoms with E-state index >= 15 is 0 Å². The van der Waals surface area contributed by atoms with E-state index in [0.717, 1.165) is 6.07 Å². The van der Waals surface area contributed by atoms with Crippen molar-refractivity contribution < 1.29 is 14.4 Å². The zero-order chi connectivity index (χ0) is 18.6. The van der Waals surface area contributed by atoms with Crippen molar-refractivity contribution in [2.45, 2.75) is 11.8 Å². The van der Waals surface area contributed by atoms with E-state index in [1.54, 1.807) is 0 Å². The van der Waals surface area contributed by atoms with E-state index in [4.69, 9.17) is 26.8 Å². The van der Waals surface area contributed by atoms with Crippen LogP contribution in [0.4, 0.5) is 5.69 Å². The fourth-order valence-electron chi connectivity index (χ4n) is 3.85. The highest BCUT2D eigenvalue weighted by Gasteiger charge is 2.93. The lowest BCUT2D eigenvalue weighted by Crippen LogP contribution is -2.41. The van der Waals surface area contributed by atoms with Crippen LogP contribution >= 0.6 is 11.6 Å². The lowest BCUT2D eigenvalue weighted by atomic mass is 9.93. The van der Waals surface area contributed by atoms with Crippen LogP contribution in [0.2, 0.25) is 5.02 Å². The summed E-state index contributed by atoms with van der Waals surface area (Å²) in [5.41, 5.74) is 3.09. The minimum absolute atomic E-state index is 0.0479. The van der Waals surface area contributed by atoms with Gasteiger partial charge in [-0.2, -0.15) is 10.5 Å². The number of aliphatic imine (C=N–C) groups is 1. The molecule has 1 aromatic rings. The molecule has 128 valence electrons. The highest BCUT2D eigenvalue weighted by molar-refractivity contribution is 6.31. The standard InChI is InChI=1S/C15H12ClN5O4/c1-24-15(25-2)14(7-18)11(13(14,6-17)12(19)20-15)9-4-3-8(21(22)23)5-10(9)16/h3-5,11H,1-2H3,(H2,19,20)/t11-,13+,14+/m0/s1. The van der Waals surface area contributed by atoms with Crippen LogP contribution in [0.3, 0.4) is 0 Å². The number of nitro groups is 1. The summed E-state index contributed by atoms with van der Waals surface area (Å²) < 4.78 is 10.7. The summed E-state index contributed by atoms with van der Waals surface area (Å²) in [5, 5.41) is 30.6. The van der Waals surface area contributed by atoms with Crippen LogP contribution in [0.15, 0.2) is 23.2 Å². The van der Waals surface area contributed by atoms with Crippen molar-refractivity contribution in [3.63, 3.8) is 0 Å². The van der Waals surface area contributed by atoms with Gasteiger partial charge in [0.05, 0.1) is 22.1 Å². The number of fused-ring (bicyclic) bond motifs is 1. The van der Waals surface area contributed by atoms with Gasteiger partial charge in [-0.1, -0.05) is 17.7 Å². The molecule has 1 aliphatic carbocycles. The molecule has 1 heterocycles. The summed E-state index contributed by atoms with van der Waals surface area (Å²) in [4.78, 5) is 14.4. The van der Waals surface area contributed by atoms with Gasteiger partial charge in [0.15, 0.2) is 5.41 Å². The maximum atomic E-state index is 10.9. The number of non-ortho nitro benzene ring substituents is 1. The molecular formula is C15H12ClN5O4. The Hall–Kier alpha value is -2.72. The number of nitro benzene ring substituents is 1. The number of halogens is 1. The third-order valence-corrected chi connectivity index (χ3v) is 5.31. The second kappa shape index (κ2) is 5.14. The van der Waals surface area contributed by atoms with Crippen LogP contribution in [0.25, 0.3) is 0 Å². The van der Waals surface area contributed by atoms with Crippen LogP contribution in [0.1, 0.15) is 11.5 Å². The molecule has 3 rings (SSSR count). The van der Waals surface area contributed by atoms with Crippen LogP contribution in [-0.2, 0) is 9.47 Å². The van der Waals surface area contributed by atoms with Gasteiger partial charge in [0, 0.05) is 32.3 Å². The Morgan fingerprint density at radius 2 is 2.00 bits per heavy atom. The van der Waals surface area contributed by atoms with Gasteiger partial charge in [0.1, 0.15) is 11.3 Å². The zero-order valence-electron chi connectivity index (χ0n) is 13.2. The summed E-state index contributed by atoms with van der Waals surface area (Å²) in [6.07, 6.45) is 0. The van der Waals surface area contributed by atoms with Crippen LogP contribution in [0.5, 0.6) is 0 Å². The predicted octanol–water partition coefficient (Wildman–Crippen LogP) is 1.68. The number of methoxy groups -OCH3 is 2. The molecule has 2 aliphatic rings. The van der Waals surface area contributed by atoms with Gasteiger partial charge in [0.2, 0.25) is 0 Å². The Kier molecular flexibility index (Phi) is 3.52. The topological polar surface area (TPSA) is 148 Å². The monoisotopic (exact) mass is 361 g/mol. The Balaban J connectivity index is 2.23. The highest BCUT2D eigenvalue weighted by Crippen LogP contribution is 2.82. The number of nitrogens with zero attached hydrogens (tertiary/aromatic N) is 4. The van der Waals surface area contributed by atoms with Gasteiger partial charge in [-0.25, -0.2) is 4.99 Å². The van der Waals surface area contributed by atoms with Crippen molar-refractivity contribution in [1.82, 2.24) is 0 Å². The highest BCUT2D eigenvalue weighted by atomic mass is 35.5. The number of hydrogen-bond donors (Lipinski definition) is 1. The molecule has 0 aromatic heterocycles. The number of nitriles is 2. The average Bonchev–Trinajstić information content (AvgIpc) is 3.16. The first-order chi connectivity index (χ1) is 11.8. The van der Waals surface area contributed by atoms with Crippen molar-refractivity contribution in [2.24, 2.45) is 21.6 Å². The average molecular weight is 362 g/mol. The molecule has 0 saturated heterocycles. The molecule has 9 nitrogen and oxygen atoms in total.